The molecule has 2 nitrogen and oxygen atoms in total. The van der Waals surface area contributed by atoms with Gasteiger partial charge in [0.25, 0.3) is 0 Å². The summed E-state index contributed by atoms with van der Waals surface area (Å²) in [6.45, 7) is 4.27. The van der Waals surface area contributed by atoms with Gasteiger partial charge in [-0.3, -0.25) is 0 Å². The molecule has 1 N–H and O–H groups in total. The molecule has 0 bridgehead atoms. The van der Waals surface area contributed by atoms with Crippen molar-refractivity contribution in [1.82, 2.24) is 4.98 Å². The molecule has 0 radical (unpaired) electrons. The van der Waals surface area contributed by atoms with Crippen molar-refractivity contribution < 1.29 is 0 Å². The summed E-state index contributed by atoms with van der Waals surface area (Å²) in [5, 5.41) is 4.36. The lowest BCUT2D eigenvalue weighted by Crippen LogP contribution is -1.89. The predicted octanol–water partition coefficient (Wildman–Crippen LogP) is 5.42. The maximum Gasteiger partial charge on any atom is 0.187 e. The van der Waals surface area contributed by atoms with Gasteiger partial charge in [0.1, 0.15) is 0 Å². The van der Waals surface area contributed by atoms with Crippen LogP contribution in [0.15, 0.2) is 54.6 Å². The van der Waals surface area contributed by atoms with Crippen molar-refractivity contribution in [1.29, 1.82) is 0 Å². The number of hydrogen-bond donors (Lipinski definition) is 1. The molecule has 0 aliphatic heterocycles. The number of anilines is 2. The van der Waals surface area contributed by atoms with Crippen LogP contribution in [0, 0.1) is 6.92 Å². The largest absolute Gasteiger partial charge is 0.332 e. The van der Waals surface area contributed by atoms with Crippen molar-refractivity contribution in [3.8, 4) is 11.3 Å². The highest BCUT2D eigenvalue weighted by molar-refractivity contribution is 7.16. The second-order valence-corrected chi connectivity index (χ2v) is 6.09. The minimum Gasteiger partial charge on any atom is -0.332 e. The Kier molecular flexibility index (Phi) is 4.02. The summed E-state index contributed by atoms with van der Waals surface area (Å²) in [6.07, 6.45) is 0.997. The first-order valence-electron chi connectivity index (χ1n) is 7.15. The molecule has 0 saturated carbocycles. The van der Waals surface area contributed by atoms with E-state index in [1.807, 2.05) is 6.07 Å². The molecule has 1 aromatic heterocycles. The molecule has 0 fully saturated rings. The fourth-order valence-electron chi connectivity index (χ4n) is 2.23. The Bertz CT molecular complexity index is 715. The molecule has 0 atom stereocenters. The number of rotatable bonds is 4. The van der Waals surface area contributed by atoms with E-state index in [-0.39, 0.29) is 0 Å². The van der Waals surface area contributed by atoms with Crippen molar-refractivity contribution in [2.75, 3.05) is 5.32 Å². The minimum atomic E-state index is 0.953. The number of hydrogen-bond acceptors (Lipinski definition) is 3. The van der Waals surface area contributed by atoms with Crippen LogP contribution in [0.25, 0.3) is 11.3 Å². The first kappa shape index (κ1) is 13.8. The van der Waals surface area contributed by atoms with Gasteiger partial charge in [-0.25, -0.2) is 4.98 Å². The topological polar surface area (TPSA) is 24.9 Å². The van der Waals surface area contributed by atoms with Gasteiger partial charge in [-0.2, -0.15) is 0 Å². The lowest BCUT2D eigenvalue weighted by atomic mass is 10.1. The third-order valence-corrected chi connectivity index (χ3v) is 4.48. The van der Waals surface area contributed by atoms with Crippen LogP contribution in [0.4, 0.5) is 10.8 Å². The SMILES string of the molecule is CCc1sc(Nc2ccc(C)cc2)nc1-c1ccccc1. The summed E-state index contributed by atoms with van der Waals surface area (Å²) in [4.78, 5) is 6.09. The molecular weight excluding hydrogens is 276 g/mol. The molecule has 21 heavy (non-hydrogen) atoms. The molecule has 0 unspecified atom stereocenters. The Morgan fingerprint density at radius 3 is 2.38 bits per heavy atom. The lowest BCUT2D eigenvalue weighted by Gasteiger charge is -2.02. The first-order chi connectivity index (χ1) is 10.3. The number of aromatic nitrogens is 1. The number of aryl methyl sites for hydroxylation is 2. The lowest BCUT2D eigenvalue weighted by molar-refractivity contribution is 1.17. The highest BCUT2D eigenvalue weighted by Crippen LogP contribution is 2.32. The van der Waals surface area contributed by atoms with Crippen molar-refractivity contribution in [2.45, 2.75) is 20.3 Å². The Hall–Kier alpha value is -2.13. The van der Waals surface area contributed by atoms with Gasteiger partial charge in [-0.1, -0.05) is 55.0 Å². The van der Waals surface area contributed by atoms with Crippen LogP contribution in [0.5, 0.6) is 0 Å². The Morgan fingerprint density at radius 1 is 1.00 bits per heavy atom. The van der Waals surface area contributed by atoms with E-state index in [0.29, 0.717) is 0 Å². The second kappa shape index (κ2) is 6.10. The molecule has 3 aromatic rings. The van der Waals surface area contributed by atoms with Gasteiger partial charge in [-0.15, -0.1) is 11.3 Å². The third-order valence-electron chi connectivity index (χ3n) is 3.37. The molecule has 0 spiro atoms. The molecule has 0 aliphatic carbocycles. The van der Waals surface area contributed by atoms with Crippen LogP contribution in [0.2, 0.25) is 0 Å². The van der Waals surface area contributed by atoms with Gasteiger partial charge in [0.05, 0.1) is 5.69 Å². The van der Waals surface area contributed by atoms with Crippen molar-refractivity contribution in [2.24, 2.45) is 0 Å². The van der Waals surface area contributed by atoms with Gasteiger partial charge < -0.3 is 5.32 Å². The van der Waals surface area contributed by atoms with E-state index in [1.54, 1.807) is 11.3 Å². The summed E-state index contributed by atoms with van der Waals surface area (Å²) < 4.78 is 0. The number of nitrogens with zero attached hydrogens (tertiary/aromatic N) is 1. The zero-order chi connectivity index (χ0) is 14.7. The molecule has 3 rings (SSSR count). The smallest absolute Gasteiger partial charge is 0.187 e. The van der Waals surface area contributed by atoms with E-state index in [9.17, 15) is 0 Å². The van der Waals surface area contributed by atoms with Crippen LogP contribution in [-0.4, -0.2) is 4.98 Å². The molecule has 106 valence electrons. The van der Waals surface area contributed by atoms with Crippen LogP contribution in [0.1, 0.15) is 17.4 Å². The number of nitrogens with one attached hydrogen (secondary N) is 1. The van der Waals surface area contributed by atoms with E-state index in [2.05, 4.69) is 67.7 Å². The second-order valence-electron chi connectivity index (χ2n) is 5.00. The summed E-state index contributed by atoms with van der Waals surface area (Å²) in [5.74, 6) is 0. The summed E-state index contributed by atoms with van der Waals surface area (Å²) in [7, 11) is 0. The van der Waals surface area contributed by atoms with Crippen molar-refractivity contribution >= 4 is 22.2 Å². The highest BCUT2D eigenvalue weighted by atomic mass is 32.1. The molecule has 0 saturated heterocycles. The molecule has 2 aromatic carbocycles. The zero-order valence-corrected chi connectivity index (χ0v) is 13.1. The standard InChI is InChI=1S/C18H18N2S/c1-3-16-17(14-7-5-4-6-8-14)20-18(21-16)19-15-11-9-13(2)10-12-15/h4-12H,3H2,1-2H3,(H,19,20). The fraction of sp³-hybridized carbons (Fsp3) is 0.167. The Morgan fingerprint density at radius 2 is 1.71 bits per heavy atom. The van der Waals surface area contributed by atoms with E-state index >= 15 is 0 Å². The monoisotopic (exact) mass is 294 g/mol. The van der Waals surface area contributed by atoms with Gasteiger partial charge in [-0.05, 0) is 25.5 Å². The predicted molar refractivity (Wildman–Crippen MR) is 91.4 cm³/mol. The number of benzene rings is 2. The summed E-state index contributed by atoms with van der Waals surface area (Å²) >= 11 is 1.73. The van der Waals surface area contributed by atoms with Crippen LogP contribution in [-0.2, 0) is 6.42 Å². The summed E-state index contributed by atoms with van der Waals surface area (Å²) in [6, 6.07) is 18.8. The van der Waals surface area contributed by atoms with Gasteiger partial charge in [0.15, 0.2) is 5.13 Å². The zero-order valence-electron chi connectivity index (χ0n) is 12.3. The normalized spacial score (nSPS) is 10.6. The van der Waals surface area contributed by atoms with Gasteiger partial charge >= 0.3 is 0 Å². The van der Waals surface area contributed by atoms with Crippen LogP contribution in [0.3, 0.4) is 0 Å². The Labute approximate surface area is 129 Å². The van der Waals surface area contributed by atoms with E-state index < -0.39 is 0 Å². The molecular formula is C18H18N2S. The average Bonchev–Trinajstić information content (AvgIpc) is 2.93. The molecule has 3 heteroatoms. The maximum atomic E-state index is 4.78. The van der Waals surface area contributed by atoms with Gasteiger partial charge in [0, 0.05) is 16.1 Å². The van der Waals surface area contributed by atoms with E-state index in [4.69, 9.17) is 4.98 Å². The quantitative estimate of drug-likeness (QED) is 0.694. The van der Waals surface area contributed by atoms with Crippen molar-refractivity contribution in [3.05, 3.63) is 65.0 Å². The van der Waals surface area contributed by atoms with Crippen molar-refractivity contribution in [3.63, 3.8) is 0 Å². The summed E-state index contributed by atoms with van der Waals surface area (Å²) in [5.41, 5.74) is 4.62. The Balaban J connectivity index is 1.91. The molecule has 1 heterocycles. The van der Waals surface area contributed by atoms with E-state index in [1.165, 1.54) is 16.0 Å². The molecule has 0 aliphatic rings. The highest BCUT2D eigenvalue weighted by Gasteiger charge is 2.11. The van der Waals surface area contributed by atoms with E-state index in [0.717, 1.165) is 22.9 Å². The first-order valence-corrected chi connectivity index (χ1v) is 7.96. The minimum absolute atomic E-state index is 0.953. The maximum absolute atomic E-state index is 4.78. The van der Waals surface area contributed by atoms with Crippen LogP contribution >= 0.6 is 11.3 Å². The average molecular weight is 294 g/mol. The van der Waals surface area contributed by atoms with Gasteiger partial charge in [0.2, 0.25) is 0 Å². The van der Waals surface area contributed by atoms with Crippen LogP contribution < -0.4 is 5.32 Å². The third kappa shape index (κ3) is 3.14. The number of thiazole rings is 1. The fourth-order valence-corrected chi connectivity index (χ4v) is 3.17. The molecule has 0 amide bonds.